The molecule has 0 bridgehead atoms. The number of alkyl halides is 2. The zero-order chi connectivity index (χ0) is 19.9. The number of piperazine rings is 1. The van der Waals surface area contributed by atoms with Crippen LogP contribution >= 0.6 is 11.6 Å². The fourth-order valence-electron chi connectivity index (χ4n) is 4.18. The van der Waals surface area contributed by atoms with E-state index in [1.807, 2.05) is 6.92 Å². The van der Waals surface area contributed by atoms with Gasteiger partial charge in [-0.05, 0) is 25.8 Å². The van der Waals surface area contributed by atoms with Gasteiger partial charge in [0.1, 0.15) is 0 Å². The van der Waals surface area contributed by atoms with Gasteiger partial charge >= 0.3 is 0 Å². The van der Waals surface area contributed by atoms with Gasteiger partial charge < -0.3 is 9.80 Å². The van der Waals surface area contributed by atoms with Gasteiger partial charge in [-0.15, -0.1) is 10.2 Å². The lowest BCUT2D eigenvalue weighted by Gasteiger charge is -2.42. The standard InChI is InChI=1S/C19H22ClF2N5O/c1-12-11-26(18(28)13-2-5-19(21,22)6-3-13)8-9-27(12)17-15-10-23-7-4-14(15)16(20)24-25-17/h4,7,10,12-13H,2-3,5-6,8-9,11H2,1H3. The highest BCUT2D eigenvalue weighted by Gasteiger charge is 2.40. The number of anilines is 1. The van der Waals surface area contributed by atoms with Crippen molar-refractivity contribution >= 4 is 34.1 Å². The van der Waals surface area contributed by atoms with Gasteiger partial charge in [0.05, 0.1) is 0 Å². The molecule has 0 spiro atoms. The van der Waals surface area contributed by atoms with Crippen molar-refractivity contribution in [1.82, 2.24) is 20.1 Å². The summed E-state index contributed by atoms with van der Waals surface area (Å²) in [6.07, 6.45) is 3.51. The van der Waals surface area contributed by atoms with Crippen molar-refractivity contribution in [1.29, 1.82) is 0 Å². The number of amides is 1. The zero-order valence-electron chi connectivity index (χ0n) is 15.6. The quantitative estimate of drug-likeness (QED) is 0.759. The normalized spacial score (nSPS) is 23.2. The van der Waals surface area contributed by atoms with Gasteiger partial charge in [0.25, 0.3) is 0 Å². The second-order valence-corrected chi connectivity index (χ2v) is 8.05. The van der Waals surface area contributed by atoms with E-state index < -0.39 is 5.92 Å². The molecule has 2 fully saturated rings. The molecular weight excluding hydrogens is 388 g/mol. The number of hydrogen-bond donors (Lipinski definition) is 0. The first-order chi connectivity index (χ1) is 13.4. The predicted molar refractivity (Wildman–Crippen MR) is 103 cm³/mol. The van der Waals surface area contributed by atoms with E-state index in [0.29, 0.717) is 30.6 Å². The molecule has 28 heavy (non-hydrogen) atoms. The van der Waals surface area contributed by atoms with Crippen LogP contribution in [0.1, 0.15) is 32.6 Å². The highest BCUT2D eigenvalue weighted by molar-refractivity contribution is 6.34. The SMILES string of the molecule is CC1CN(C(=O)C2CCC(F)(F)CC2)CCN1c1nnc(Cl)c2ccncc12. The van der Waals surface area contributed by atoms with Crippen molar-refractivity contribution < 1.29 is 13.6 Å². The molecule has 1 saturated carbocycles. The molecule has 4 rings (SSSR count). The number of rotatable bonds is 2. The summed E-state index contributed by atoms with van der Waals surface area (Å²) < 4.78 is 26.8. The summed E-state index contributed by atoms with van der Waals surface area (Å²) in [5.74, 6) is -2.22. The second kappa shape index (κ2) is 7.39. The van der Waals surface area contributed by atoms with E-state index in [4.69, 9.17) is 11.6 Å². The first-order valence-electron chi connectivity index (χ1n) is 9.55. The van der Waals surface area contributed by atoms with Crippen LogP contribution in [0.2, 0.25) is 5.15 Å². The minimum Gasteiger partial charge on any atom is -0.348 e. The lowest BCUT2D eigenvalue weighted by Crippen LogP contribution is -2.55. The molecule has 1 atom stereocenters. The number of aromatic nitrogens is 3. The van der Waals surface area contributed by atoms with Crippen molar-refractivity contribution in [2.24, 2.45) is 5.92 Å². The molecule has 6 nitrogen and oxygen atoms in total. The smallest absolute Gasteiger partial charge is 0.248 e. The number of carbonyl (C=O) groups excluding carboxylic acids is 1. The number of hydrogen-bond acceptors (Lipinski definition) is 5. The molecule has 1 aliphatic carbocycles. The Balaban J connectivity index is 1.48. The summed E-state index contributed by atoms with van der Waals surface area (Å²) >= 11 is 6.15. The molecule has 1 saturated heterocycles. The van der Waals surface area contributed by atoms with Gasteiger partial charge in [0, 0.05) is 67.6 Å². The molecule has 1 unspecified atom stereocenters. The number of fused-ring (bicyclic) bond motifs is 1. The predicted octanol–water partition coefficient (Wildman–Crippen LogP) is 3.54. The molecule has 2 aromatic rings. The Morgan fingerprint density at radius 3 is 2.68 bits per heavy atom. The van der Waals surface area contributed by atoms with Gasteiger partial charge in [-0.3, -0.25) is 9.78 Å². The second-order valence-electron chi connectivity index (χ2n) is 7.69. The summed E-state index contributed by atoms with van der Waals surface area (Å²) in [5.41, 5.74) is 0. The third kappa shape index (κ3) is 3.62. The lowest BCUT2D eigenvalue weighted by molar-refractivity contribution is -0.140. The summed E-state index contributed by atoms with van der Waals surface area (Å²) in [6.45, 7) is 3.67. The summed E-state index contributed by atoms with van der Waals surface area (Å²) in [7, 11) is 0. The van der Waals surface area contributed by atoms with Crippen LogP contribution in [0.25, 0.3) is 10.8 Å². The van der Waals surface area contributed by atoms with Crippen LogP contribution in [0.4, 0.5) is 14.6 Å². The van der Waals surface area contributed by atoms with Crippen molar-refractivity contribution in [3.63, 3.8) is 0 Å². The monoisotopic (exact) mass is 409 g/mol. The Morgan fingerprint density at radius 1 is 1.21 bits per heavy atom. The third-order valence-electron chi connectivity index (χ3n) is 5.79. The van der Waals surface area contributed by atoms with Crippen molar-refractivity contribution in [3.8, 4) is 0 Å². The summed E-state index contributed by atoms with van der Waals surface area (Å²) in [4.78, 5) is 20.9. The van der Waals surface area contributed by atoms with Crippen LogP contribution in [0.5, 0.6) is 0 Å². The van der Waals surface area contributed by atoms with Crippen LogP contribution in [0, 0.1) is 5.92 Å². The van der Waals surface area contributed by atoms with Crippen LogP contribution in [0.3, 0.4) is 0 Å². The van der Waals surface area contributed by atoms with E-state index in [9.17, 15) is 13.6 Å². The Labute approximate surface area is 166 Å². The summed E-state index contributed by atoms with van der Waals surface area (Å²) in [5, 5.41) is 10.3. The van der Waals surface area contributed by atoms with E-state index in [2.05, 4.69) is 20.1 Å². The molecule has 0 N–H and O–H groups in total. The molecule has 0 radical (unpaired) electrons. The largest absolute Gasteiger partial charge is 0.348 e. The fourth-order valence-corrected chi connectivity index (χ4v) is 4.38. The highest BCUT2D eigenvalue weighted by Crippen LogP contribution is 2.37. The van der Waals surface area contributed by atoms with E-state index in [1.165, 1.54) is 0 Å². The van der Waals surface area contributed by atoms with Gasteiger partial charge in [-0.1, -0.05) is 11.6 Å². The average molecular weight is 410 g/mol. The van der Waals surface area contributed by atoms with Gasteiger partial charge in [0.2, 0.25) is 11.8 Å². The summed E-state index contributed by atoms with van der Waals surface area (Å²) in [6, 6.07) is 1.82. The number of halogens is 3. The minimum absolute atomic E-state index is 0.00397. The molecule has 150 valence electrons. The number of carbonyl (C=O) groups is 1. The molecular formula is C19H22ClF2N5O. The fraction of sp³-hybridized carbons (Fsp3) is 0.579. The van der Waals surface area contributed by atoms with Gasteiger partial charge in [-0.25, -0.2) is 8.78 Å². The molecule has 3 heterocycles. The topological polar surface area (TPSA) is 62.2 Å². The Hall–Kier alpha value is -2.09. The average Bonchev–Trinajstić information content (AvgIpc) is 2.68. The van der Waals surface area contributed by atoms with Crippen molar-refractivity contribution in [2.45, 2.75) is 44.6 Å². The Bertz CT molecular complexity index is 886. The van der Waals surface area contributed by atoms with E-state index in [1.54, 1.807) is 23.4 Å². The lowest BCUT2D eigenvalue weighted by atomic mass is 9.85. The molecule has 2 aliphatic rings. The van der Waals surface area contributed by atoms with E-state index in [-0.39, 0.29) is 43.6 Å². The van der Waals surface area contributed by atoms with Crippen LogP contribution < -0.4 is 4.90 Å². The van der Waals surface area contributed by atoms with Crippen LogP contribution in [0.15, 0.2) is 18.5 Å². The Morgan fingerprint density at radius 2 is 1.96 bits per heavy atom. The molecule has 1 aliphatic heterocycles. The van der Waals surface area contributed by atoms with E-state index >= 15 is 0 Å². The first-order valence-corrected chi connectivity index (χ1v) is 9.93. The molecule has 2 aromatic heterocycles. The number of pyridine rings is 1. The highest BCUT2D eigenvalue weighted by atomic mass is 35.5. The maximum absolute atomic E-state index is 13.4. The maximum atomic E-state index is 13.4. The van der Waals surface area contributed by atoms with E-state index in [0.717, 1.165) is 10.8 Å². The molecule has 1 amide bonds. The van der Waals surface area contributed by atoms with Crippen molar-refractivity contribution in [2.75, 3.05) is 24.5 Å². The van der Waals surface area contributed by atoms with Gasteiger partial charge in [-0.2, -0.15) is 0 Å². The Kier molecular flexibility index (Phi) is 5.07. The molecule has 9 heteroatoms. The minimum atomic E-state index is -2.62. The molecule has 0 aromatic carbocycles. The zero-order valence-corrected chi connectivity index (χ0v) is 16.4. The first kappa shape index (κ1) is 19.2. The maximum Gasteiger partial charge on any atom is 0.248 e. The van der Waals surface area contributed by atoms with Gasteiger partial charge in [0.15, 0.2) is 11.0 Å². The van der Waals surface area contributed by atoms with Crippen LogP contribution in [-0.2, 0) is 4.79 Å². The van der Waals surface area contributed by atoms with Crippen LogP contribution in [-0.4, -0.2) is 57.6 Å². The van der Waals surface area contributed by atoms with Crippen molar-refractivity contribution in [3.05, 3.63) is 23.6 Å². The third-order valence-corrected chi connectivity index (χ3v) is 6.07. The number of nitrogens with zero attached hydrogens (tertiary/aromatic N) is 5.